The van der Waals surface area contributed by atoms with Crippen molar-refractivity contribution in [3.8, 4) is 0 Å². The summed E-state index contributed by atoms with van der Waals surface area (Å²) >= 11 is 6.23. The maximum atomic E-state index is 13.7. The minimum atomic E-state index is -4.07. The third kappa shape index (κ3) is 5.93. The van der Waals surface area contributed by atoms with Gasteiger partial charge in [0, 0.05) is 43.0 Å². The Morgan fingerprint density at radius 2 is 1.67 bits per heavy atom. The molecule has 2 fully saturated rings. The maximum Gasteiger partial charge on any atom is 0.255 e. The molecule has 0 heterocycles. The molecule has 2 saturated carbocycles. The number of rotatable bonds is 9. The number of halogens is 4. The minimum absolute atomic E-state index is 0.0135. The lowest BCUT2D eigenvalue weighted by Crippen LogP contribution is -2.54. The number of hydrogen-bond donors (Lipinski definition) is 4. The normalized spacial score (nSPS) is 24.4. The van der Waals surface area contributed by atoms with Crippen LogP contribution in [0.5, 0.6) is 0 Å². The number of aliphatic hydroxyl groups excluding tert-OH is 1. The zero-order valence-electron chi connectivity index (χ0n) is 20.7. The summed E-state index contributed by atoms with van der Waals surface area (Å²) in [4.78, 5) is 24.4. The van der Waals surface area contributed by atoms with Crippen LogP contribution in [-0.4, -0.2) is 54.4 Å². The fraction of sp³-hybridized carbons (Fsp3) is 0.462. The molecule has 39 heavy (non-hydrogen) atoms. The molecular weight excluding hydrogens is 561 g/mol. The van der Waals surface area contributed by atoms with Gasteiger partial charge in [0.15, 0.2) is 27.3 Å². The molecule has 2 atom stereocenters. The molecule has 212 valence electrons. The Labute approximate surface area is 228 Å². The first-order valence-electron chi connectivity index (χ1n) is 12.5. The molecule has 4 N–H and O–H groups in total. The standard InChI is InChI=1S/C26H28ClF3N2O6S/c27-19-6-3-14(25(35)32-17-11-20(28)24(30)21(29)12-17)8-22(19)39(37,38)18-9-15-4-5-16(10-18)26(15,36)13-31-23(34)2-1-7-33/h3,6,8,11-12,15-16,18,33,36H,1-2,4-5,7,9-10,13H2,(H,31,34)(H,32,35)/t15?,16?,18-,26-. The Morgan fingerprint density at radius 1 is 1.05 bits per heavy atom. The number of benzene rings is 2. The van der Waals surface area contributed by atoms with Crippen molar-refractivity contribution in [2.75, 3.05) is 18.5 Å². The number of sulfone groups is 1. The number of carbonyl (C=O) groups excluding carboxylic acids is 2. The zero-order chi connectivity index (χ0) is 28.5. The van der Waals surface area contributed by atoms with Gasteiger partial charge in [-0.3, -0.25) is 9.59 Å². The maximum absolute atomic E-state index is 13.7. The van der Waals surface area contributed by atoms with Crippen molar-refractivity contribution in [2.24, 2.45) is 11.8 Å². The van der Waals surface area contributed by atoms with E-state index in [1.54, 1.807) is 0 Å². The number of hydrogen-bond acceptors (Lipinski definition) is 6. The first-order chi connectivity index (χ1) is 18.4. The van der Waals surface area contributed by atoms with E-state index in [-0.39, 0.29) is 71.3 Å². The van der Waals surface area contributed by atoms with E-state index in [4.69, 9.17) is 16.7 Å². The number of amides is 2. The molecular formula is C26H28ClF3N2O6S. The molecule has 13 heteroatoms. The zero-order valence-corrected chi connectivity index (χ0v) is 22.3. The van der Waals surface area contributed by atoms with Crippen LogP contribution in [0, 0.1) is 29.3 Å². The van der Waals surface area contributed by atoms with E-state index in [1.165, 1.54) is 12.1 Å². The van der Waals surface area contributed by atoms with Gasteiger partial charge >= 0.3 is 0 Å². The molecule has 0 radical (unpaired) electrons. The molecule has 2 bridgehead atoms. The van der Waals surface area contributed by atoms with Crippen LogP contribution in [0.2, 0.25) is 5.02 Å². The summed E-state index contributed by atoms with van der Waals surface area (Å²) in [6.07, 6.45) is 1.84. The first kappa shape index (κ1) is 29.3. The molecule has 0 aliphatic heterocycles. The summed E-state index contributed by atoms with van der Waals surface area (Å²) in [6, 6.07) is 4.74. The van der Waals surface area contributed by atoms with Gasteiger partial charge in [0.25, 0.3) is 5.91 Å². The number of aliphatic hydroxyl groups is 2. The van der Waals surface area contributed by atoms with E-state index in [1.807, 2.05) is 0 Å². The highest BCUT2D eigenvalue weighted by Crippen LogP contribution is 2.52. The van der Waals surface area contributed by atoms with Gasteiger partial charge in [-0.15, -0.1) is 0 Å². The molecule has 2 aromatic rings. The van der Waals surface area contributed by atoms with Crippen LogP contribution in [-0.2, 0) is 14.6 Å². The Balaban J connectivity index is 1.51. The second-order valence-corrected chi connectivity index (χ2v) is 12.7. The lowest BCUT2D eigenvalue weighted by atomic mass is 9.74. The predicted octanol–water partition coefficient (Wildman–Crippen LogP) is 3.59. The molecule has 2 amide bonds. The van der Waals surface area contributed by atoms with Crippen LogP contribution in [0.4, 0.5) is 18.9 Å². The van der Waals surface area contributed by atoms with Gasteiger partial charge in [-0.05, 0) is 62.1 Å². The van der Waals surface area contributed by atoms with Crippen LogP contribution in [0.1, 0.15) is 48.9 Å². The molecule has 0 saturated heterocycles. The molecule has 2 unspecified atom stereocenters. The van der Waals surface area contributed by atoms with Crippen molar-refractivity contribution in [2.45, 2.75) is 54.3 Å². The number of anilines is 1. The second-order valence-electron chi connectivity index (χ2n) is 10.1. The van der Waals surface area contributed by atoms with Crippen molar-refractivity contribution >= 4 is 38.9 Å². The van der Waals surface area contributed by atoms with E-state index in [0.29, 0.717) is 31.4 Å². The number of carbonyl (C=O) groups is 2. The molecule has 0 aromatic heterocycles. The van der Waals surface area contributed by atoms with Gasteiger partial charge in [0.05, 0.1) is 20.8 Å². The third-order valence-electron chi connectivity index (χ3n) is 7.68. The molecule has 2 aromatic carbocycles. The van der Waals surface area contributed by atoms with Gasteiger partial charge in [-0.1, -0.05) is 11.6 Å². The highest BCUT2D eigenvalue weighted by atomic mass is 35.5. The summed E-state index contributed by atoms with van der Waals surface area (Å²) in [5.41, 5.74) is -1.77. The van der Waals surface area contributed by atoms with Crippen molar-refractivity contribution in [1.29, 1.82) is 0 Å². The third-order valence-corrected chi connectivity index (χ3v) is 10.3. The van der Waals surface area contributed by atoms with Crippen molar-refractivity contribution < 1.29 is 41.4 Å². The van der Waals surface area contributed by atoms with Crippen LogP contribution in [0.3, 0.4) is 0 Å². The van der Waals surface area contributed by atoms with Crippen molar-refractivity contribution in [3.05, 3.63) is 58.4 Å². The summed E-state index contributed by atoms with van der Waals surface area (Å²) in [7, 11) is -4.07. The fourth-order valence-corrected chi connectivity index (χ4v) is 8.00. The Bertz CT molecular complexity index is 1350. The highest BCUT2D eigenvalue weighted by molar-refractivity contribution is 7.92. The molecule has 8 nitrogen and oxygen atoms in total. The van der Waals surface area contributed by atoms with Crippen LogP contribution in [0.15, 0.2) is 35.2 Å². The topological polar surface area (TPSA) is 133 Å². The Kier molecular flexibility index (Phi) is 8.60. The minimum Gasteiger partial charge on any atom is -0.396 e. The van der Waals surface area contributed by atoms with Crippen LogP contribution in [0.25, 0.3) is 0 Å². The van der Waals surface area contributed by atoms with Gasteiger partial charge in [0.2, 0.25) is 5.91 Å². The van der Waals surface area contributed by atoms with Crippen LogP contribution >= 0.6 is 11.6 Å². The highest BCUT2D eigenvalue weighted by Gasteiger charge is 2.55. The quantitative estimate of drug-likeness (QED) is 0.331. The van der Waals surface area contributed by atoms with Gasteiger partial charge in [0.1, 0.15) is 0 Å². The Morgan fingerprint density at radius 3 is 2.26 bits per heavy atom. The van der Waals surface area contributed by atoms with Crippen molar-refractivity contribution in [3.63, 3.8) is 0 Å². The number of nitrogens with one attached hydrogen (secondary N) is 2. The summed E-state index contributed by atoms with van der Waals surface area (Å²) < 4.78 is 67.6. The number of fused-ring (bicyclic) bond motifs is 2. The first-order valence-corrected chi connectivity index (χ1v) is 14.4. The largest absolute Gasteiger partial charge is 0.396 e. The molecule has 2 aliphatic carbocycles. The fourth-order valence-electron chi connectivity index (χ4n) is 5.59. The van der Waals surface area contributed by atoms with Gasteiger partial charge < -0.3 is 20.8 Å². The monoisotopic (exact) mass is 588 g/mol. The van der Waals surface area contributed by atoms with E-state index >= 15 is 0 Å². The lowest BCUT2D eigenvalue weighted by molar-refractivity contribution is -0.124. The predicted molar refractivity (Wildman–Crippen MR) is 136 cm³/mol. The van der Waals surface area contributed by atoms with Crippen molar-refractivity contribution in [1.82, 2.24) is 5.32 Å². The summed E-state index contributed by atoms with van der Waals surface area (Å²) in [6.45, 7) is -0.141. The lowest BCUT2D eigenvalue weighted by Gasteiger charge is -2.42. The smallest absolute Gasteiger partial charge is 0.255 e. The second kappa shape index (κ2) is 11.4. The average molecular weight is 589 g/mol. The summed E-state index contributed by atoms with van der Waals surface area (Å²) in [5.74, 6) is -6.65. The Hall–Kier alpha value is -2.67. The van der Waals surface area contributed by atoms with E-state index in [9.17, 15) is 36.3 Å². The SMILES string of the molecule is O=C(CCCO)NC[C@]1(O)C2CCC1C[C@@H](S(=O)(=O)c1cc(C(=O)Nc3cc(F)c(F)c(F)c3)ccc1Cl)C2. The average Bonchev–Trinajstić information content (AvgIpc) is 3.05. The van der Waals surface area contributed by atoms with Gasteiger partial charge in [-0.25, -0.2) is 21.6 Å². The molecule has 0 spiro atoms. The van der Waals surface area contributed by atoms with E-state index in [0.717, 1.165) is 6.07 Å². The molecule has 4 rings (SSSR count). The van der Waals surface area contributed by atoms with E-state index in [2.05, 4.69) is 10.6 Å². The summed E-state index contributed by atoms with van der Waals surface area (Å²) in [5, 5.41) is 24.1. The van der Waals surface area contributed by atoms with Crippen LogP contribution < -0.4 is 10.6 Å². The van der Waals surface area contributed by atoms with E-state index < -0.39 is 44.0 Å². The van der Waals surface area contributed by atoms with Gasteiger partial charge in [-0.2, -0.15) is 0 Å². The molecule has 2 aliphatic rings.